The minimum atomic E-state index is 0.418. The van der Waals surface area contributed by atoms with Gasteiger partial charge in [-0.1, -0.05) is 65.1 Å². The van der Waals surface area contributed by atoms with Crippen LogP contribution in [0.25, 0.3) is 5.70 Å². The second-order valence-electron chi connectivity index (χ2n) is 5.55. The van der Waals surface area contributed by atoms with Crippen molar-refractivity contribution in [3.05, 3.63) is 93.6 Å². The molecule has 0 heterocycles. The van der Waals surface area contributed by atoms with Gasteiger partial charge in [-0.15, -0.1) is 0 Å². The number of hydrogen-bond acceptors (Lipinski definition) is 4. The van der Waals surface area contributed by atoms with Gasteiger partial charge in [-0.05, 0) is 30.3 Å². The first-order valence-corrected chi connectivity index (χ1v) is 9.08. The molecule has 0 bridgehead atoms. The van der Waals surface area contributed by atoms with E-state index >= 15 is 0 Å². The van der Waals surface area contributed by atoms with E-state index in [1.165, 1.54) is 11.2 Å². The van der Waals surface area contributed by atoms with Gasteiger partial charge < -0.3 is 10.5 Å². The summed E-state index contributed by atoms with van der Waals surface area (Å²) in [6.45, 7) is 0. The molecule has 0 unspecified atom stereocenters. The summed E-state index contributed by atoms with van der Waals surface area (Å²) in [5.74, 6) is 7.26. The quantitative estimate of drug-likeness (QED) is 0.388. The van der Waals surface area contributed by atoms with Crippen LogP contribution in [-0.2, 0) is 0 Å². The number of para-hydroxylation sites is 2. The lowest BCUT2D eigenvalue weighted by molar-refractivity contribution is 0.483. The molecule has 3 aromatic carbocycles. The SMILES string of the molecule is N/C=C(/c1ccccc1Cl)N(N)c1ccccc1Oc1cc(Cl)ccc1Cl. The summed E-state index contributed by atoms with van der Waals surface area (Å²) in [5, 5.41) is 2.88. The molecule has 3 rings (SSSR count). The van der Waals surface area contributed by atoms with E-state index in [2.05, 4.69) is 0 Å². The van der Waals surface area contributed by atoms with E-state index in [1.54, 1.807) is 36.4 Å². The highest BCUT2D eigenvalue weighted by molar-refractivity contribution is 6.34. The molecule has 0 aliphatic rings. The summed E-state index contributed by atoms with van der Waals surface area (Å²) < 4.78 is 5.96. The number of hydrogen-bond donors (Lipinski definition) is 2. The summed E-state index contributed by atoms with van der Waals surface area (Å²) in [6.07, 6.45) is 1.39. The lowest BCUT2D eigenvalue weighted by Crippen LogP contribution is -2.30. The van der Waals surface area contributed by atoms with Crippen LogP contribution in [0.4, 0.5) is 5.69 Å². The Bertz CT molecular complexity index is 992. The number of benzene rings is 3. The average Bonchev–Trinajstić information content (AvgIpc) is 2.67. The standard InChI is InChI=1S/C20H16Cl3N3O/c21-13-9-10-16(23)20(11-13)27-19-8-4-3-7-17(19)26(25)18(12-24)14-5-1-2-6-15(14)22/h1-12H,24-25H2/b18-12-. The summed E-state index contributed by atoms with van der Waals surface area (Å²) in [5.41, 5.74) is 7.63. The van der Waals surface area contributed by atoms with Crippen molar-refractivity contribution in [1.82, 2.24) is 0 Å². The number of ether oxygens (including phenoxy) is 1. The molecule has 138 valence electrons. The van der Waals surface area contributed by atoms with E-state index in [-0.39, 0.29) is 0 Å². The Morgan fingerprint density at radius 3 is 2.30 bits per heavy atom. The molecule has 7 heteroatoms. The predicted octanol–water partition coefficient (Wildman–Crippen LogP) is 6.08. The maximum Gasteiger partial charge on any atom is 0.152 e. The number of nitrogens with zero attached hydrogens (tertiary/aromatic N) is 1. The predicted molar refractivity (Wildman–Crippen MR) is 113 cm³/mol. The maximum atomic E-state index is 6.36. The van der Waals surface area contributed by atoms with Gasteiger partial charge in [0.15, 0.2) is 5.75 Å². The van der Waals surface area contributed by atoms with Gasteiger partial charge in [-0.2, -0.15) is 0 Å². The molecule has 0 spiro atoms. The number of rotatable bonds is 5. The van der Waals surface area contributed by atoms with Crippen molar-refractivity contribution in [1.29, 1.82) is 0 Å². The van der Waals surface area contributed by atoms with Crippen molar-refractivity contribution >= 4 is 46.2 Å². The molecule has 0 aliphatic heterocycles. The van der Waals surface area contributed by atoms with Crippen LogP contribution in [0.5, 0.6) is 11.5 Å². The molecule has 4 N–H and O–H groups in total. The highest BCUT2D eigenvalue weighted by Crippen LogP contribution is 2.38. The van der Waals surface area contributed by atoms with E-state index in [0.29, 0.717) is 43.5 Å². The first kappa shape index (κ1) is 19.4. The molecule has 0 radical (unpaired) electrons. The highest BCUT2D eigenvalue weighted by Gasteiger charge is 2.17. The molecule has 27 heavy (non-hydrogen) atoms. The van der Waals surface area contributed by atoms with Crippen LogP contribution in [0.15, 0.2) is 72.9 Å². The largest absolute Gasteiger partial charge is 0.453 e. The average molecular weight is 421 g/mol. The molecule has 0 saturated carbocycles. The Morgan fingerprint density at radius 1 is 0.852 bits per heavy atom. The van der Waals surface area contributed by atoms with Crippen molar-refractivity contribution in [3.8, 4) is 11.5 Å². The van der Waals surface area contributed by atoms with Gasteiger partial charge in [0.05, 0.1) is 10.7 Å². The Hall–Kier alpha value is -2.37. The van der Waals surface area contributed by atoms with Crippen LogP contribution in [-0.4, -0.2) is 0 Å². The third-order valence-electron chi connectivity index (χ3n) is 3.81. The van der Waals surface area contributed by atoms with Crippen LogP contribution in [0.2, 0.25) is 15.1 Å². The molecule has 4 nitrogen and oxygen atoms in total. The summed E-state index contributed by atoms with van der Waals surface area (Å²) in [7, 11) is 0. The minimum absolute atomic E-state index is 0.418. The number of nitrogens with two attached hydrogens (primary N) is 2. The zero-order valence-corrected chi connectivity index (χ0v) is 16.3. The van der Waals surface area contributed by atoms with Crippen molar-refractivity contribution < 1.29 is 4.74 Å². The fourth-order valence-corrected chi connectivity index (χ4v) is 3.07. The van der Waals surface area contributed by atoms with Crippen molar-refractivity contribution in [2.75, 3.05) is 5.01 Å². The lowest BCUT2D eigenvalue weighted by Gasteiger charge is -2.25. The molecule has 0 aliphatic carbocycles. The van der Waals surface area contributed by atoms with Crippen LogP contribution in [0, 0.1) is 0 Å². The monoisotopic (exact) mass is 419 g/mol. The zero-order chi connectivity index (χ0) is 19.4. The van der Waals surface area contributed by atoms with Crippen molar-refractivity contribution in [2.24, 2.45) is 11.6 Å². The molecule has 0 fully saturated rings. The number of halogens is 3. The Kier molecular flexibility index (Phi) is 6.14. The van der Waals surface area contributed by atoms with Gasteiger partial charge in [0.2, 0.25) is 0 Å². The molecular formula is C20H16Cl3N3O. The zero-order valence-electron chi connectivity index (χ0n) is 14.1. The van der Waals surface area contributed by atoms with Gasteiger partial charge in [0.1, 0.15) is 11.4 Å². The van der Waals surface area contributed by atoms with Crippen molar-refractivity contribution in [2.45, 2.75) is 0 Å². The third-order valence-corrected chi connectivity index (χ3v) is 4.68. The Labute approximate surface area is 172 Å². The van der Waals surface area contributed by atoms with E-state index < -0.39 is 0 Å². The van der Waals surface area contributed by atoms with Gasteiger partial charge >= 0.3 is 0 Å². The number of hydrazine groups is 1. The smallest absolute Gasteiger partial charge is 0.152 e. The van der Waals surface area contributed by atoms with Gasteiger partial charge in [-0.25, -0.2) is 5.84 Å². The van der Waals surface area contributed by atoms with E-state index in [1.807, 2.05) is 30.3 Å². The number of anilines is 1. The molecule has 0 aromatic heterocycles. The van der Waals surface area contributed by atoms with Crippen LogP contribution in [0.3, 0.4) is 0 Å². The first-order chi connectivity index (χ1) is 13.0. The van der Waals surface area contributed by atoms with Gasteiger partial charge in [0.25, 0.3) is 0 Å². The first-order valence-electron chi connectivity index (χ1n) is 7.95. The third kappa shape index (κ3) is 4.31. The van der Waals surface area contributed by atoms with Crippen LogP contribution in [0.1, 0.15) is 5.56 Å². The molecular weight excluding hydrogens is 405 g/mol. The summed E-state index contributed by atoms with van der Waals surface area (Å²) in [6, 6.07) is 19.5. The van der Waals surface area contributed by atoms with E-state index in [9.17, 15) is 0 Å². The summed E-state index contributed by atoms with van der Waals surface area (Å²) >= 11 is 18.5. The Balaban J connectivity index is 2.00. The molecule has 3 aromatic rings. The van der Waals surface area contributed by atoms with Gasteiger partial charge in [0, 0.05) is 27.9 Å². The Morgan fingerprint density at radius 2 is 1.56 bits per heavy atom. The molecule has 0 amide bonds. The topological polar surface area (TPSA) is 64.5 Å². The second-order valence-corrected chi connectivity index (χ2v) is 6.80. The minimum Gasteiger partial charge on any atom is -0.453 e. The molecule has 0 saturated heterocycles. The fourth-order valence-electron chi connectivity index (χ4n) is 2.51. The molecule has 0 atom stereocenters. The van der Waals surface area contributed by atoms with E-state index in [4.69, 9.17) is 51.1 Å². The van der Waals surface area contributed by atoms with Crippen LogP contribution < -0.4 is 21.3 Å². The van der Waals surface area contributed by atoms with Crippen LogP contribution >= 0.6 is 34.8 Å². The van der Waals surface area contributed by atoms with E-state index in [0.717, 1.165) is 0 Å². The van der Waals surface area contributed by atoms with Crippen molar-refractivity contribution in [3.63, 3.8) is 0 Å². The highest BCUT2D eigenvalue weighted by atomic mass is 35.5. The van der Waals surface area contributed by atoms with Gasteiger partial charge in [-0.3, -0.25) is 5.01 Å². The summed E-state index contributed by atoms with van der Waals surface area (Å²) in [4.78, 5) is 0. The maximum absolute atomic E-state index is 6.36. The normalized spacial score (nSPS) is 11.3. The fraction of sp³-hybridized carbons (Fsp3) is 0. The lowest BCUT2D eigenvalue weighted by atomic mass is 10.1. The second kappa shape index (κ2) is 8.55.